The van der Waals surface area contributed by atoms with Crippen molar-refractivity contribution in [2.24, 2.45) is 0 Å². The van der Waals surface area contributed by atoms with Gasteiger partial charge < -0.3 is 4.90 Å². The molecule has 0 aliphatic heterocycles. The quantitative estimate of drug-likeness (QED) is 0.746. The fourth-order valence-electron chi connectivity index (χ4n) is 1.16. The predicted octanol–water partition coefficient (Wildman–Crippen LogP) is 2.85. The summed E-state index contributed by atoms with van der Waals surface area (Å²) in [5.74, 6) is 0. The lowest BCUT2D eigenvalue weighted by Gasteiger charge is -2.19. The third-order valence-electron chi connectivity index (χ3n) is 1.96. The zero-order valence-electron chi connectivity index (χ0n) is 8.08. The molecule has 82 valence electrons. The van der Waals surface area contributed by atoms with Crippen LogP contribution >= 0.6 is 11.6 Å². The van der Waals surface area contributed by atoms with Crippen molar-refractivity contribution >= 4 is 23.6 Å². The molecule has 0 aliphatic rings. The van der Waals surface area contributed by atoms with E-state index in [-0.39, 0.29) is 11.6 Å². The van der Waals surface area contributed by atoms with E-state index in [0.717, 1.165) is 0 Å². The molecular formula is C10H10ClF2NO. The van der Waals surface area contributed by atoms with Gasteiger partial charge in [-0.25, -0.2) is 8.78 Å². The maximum absolute atomic E-state index is 12.1. The minimum Gasteiger partial charge on any atom is -0.369 e. The topological polar surface area (TPSA) is 20.3 Å². The summed E-state index contributed by atoms with van der Waals surface area (Å²) in [6, 6.07) is 4.58. The number of anilines is 1. The van der Waals surface area contributed by atoms with Gasteiger partial charge in [-0.15, -0.1) is 0 Å². The van der Waals surface area contributed by atoms with Gasteiger partial charge in [0.2, 0.25) is 0 Å². The van der Waals surface area contributed by atoms with Crippen molar-refractivity contribution in [2.75, 3.05) is 18.5 Å². The van der Waals surface area contributed by atoms with E-state index >= 15 is 0 Å². The Balaban J connectivity index is 2.87. The van der Waals surface area contributed by atoms with Gasteiger partial charge in [0.25, 0.3) is 6.43 Å². The van der Waals surface area contributed by atoms with E-state index in [2.05, 4.69) is 0 Å². The molecule has 5 heteroatoms. The summed E-state index contributed by atoms with van der Waals surface area (Å²) in [5, 5.41) is 0.267. The van der Waals surface area contributed by atoms with Gasteiger partial charge in [0.05, 0.1) is 11.6 Å². The summed E-state index contributed by atoms with van der Waals surface area (Å²) in [6.45, 7) is -0.364. The highest BCUT2D eigenvalue weighted by Crippen LogP contribution is 2.22. The molecule has 0 unspecified atom stereocenters. The SMILES string of the molecule is CN(CC(F)F)c1ccc(C=O)c(Cl)c1. The van der Waals surface area contributed by atoms with Crippen LogP contribution in [-0.4, -0.2) is 26.3 Å². The maximum Gasteiger partial charge on any atom is 0.255 e. The summed E-state index contributed by atoms with van der Waals surface area (Å²) in [5.41, 5.74) is 0.914. The molecule has 0 saturated heterocycles. The Morgan fingerprint density at radius 2 is 2.20 bits per heavy atom. The van der Waals surface area contributed by atoms with E-state index in [1.54, 1.807) is 13.1 Å². The van der Waals surface area contributed by atoms with Crippen LogP contribution in [-0.2, 0) is 0 Å². The van der Waals surface area contributed by atoms with Crippen molar-refractivity contribution < 1.29 is 13.6 Å². The first-order valence-corrected chi connectivity index (χ1v) is 4.66. The van der Waals surface area contributed by atoms with Crippen molar-refractivity contribution in [1.29, 1.82) is 0 Å². The van der Waals surface area contributed by atoms with Gasteiger partial charge in [-0.05, 0) is 18.2 Å². The molecule has 0 spiro atoms. The van der Waals surface area contributed by atoms with Crippen LogP contribution in [0.15, 0.2) is 18.2 Å². The second-order valence-corrected chi connectivity index (χ2v) is 3.50. The average molecular weight is 234 g/mol. The highest BCUT2D eigenvalue weighted by Gasteiger charge is 2.09. The van der Waals surface area contributed by atoms with E-state index in [1.165, 1.54) is 17.0 Å². The third kappa shape index (κ3) is 3.16. The summed E-state index contributed by atoms with van der Waals surface area (Å²) in [7, 11) is 1.54. The monoisotopic (exact) mass is 233 g/mol. The van der Waals surface area contributed by atoms with Crippen LogP contribution in [0.4, 0.5) is 14.5 Å². The molecule has 0 aliphatic carbocycles. The van der Waals surface area contributed by atoms with Gasteiger partial charge in [0.15, 0.2) is 6.29 Å². The summed E-state index contributed by atoms with van der Waals surface area (Å²) in [6.07, 6.45) is -1.78. The van der Waals surface area contributed by atoms with Crippen LogP contribution in [0.2, 0.25) is 5.02 Å². The van der Waals surface area contributed by atoms with Crippen LogP contribution < -0.4 is 4.90 Å². The van der Waals surface area contributed by atoms with Gasteiger partial charge in [0, 0.05) is 18.3 Å². The number of carbonyl (C=O) groups excluding carboxylic acids is 1. The number of rotatable bonds is 4. The van der Waals surface area contributed by atoms with Crippen LogP contribution in [0.3, 0.4) is 0 Å². The van der Waals surface area contributed by atoms with Crippen LogP contribution in [0, 0.1) is 0 Å². The molecule has 2 nitrogen and oxygen atoms in total. The molecule has 1 aromatic carbocycles. The zero-order valence-corrected chi connectivity index (χ0v) is 8.84. The Kier molecular flexibility index (Phi) is 4.03. The summed E-state index contributed by atoms with van der Waals surface area (Å²) >= 11 is 5.76. The second-order valence-electron chi connectivity index (χ2n) is 3.10. The van der Waals surface area contributed by atoms with Crippen molar-refractivity contribution in [3.63, 3.8) is 0 Å². The fraction of sp³-hybridized carbons (Fsp3) is 0.300. The molecule has 0 heterocycles. The van der Waals surface area contributed by atoms with Crippen LogP contribution in [0.25, 0.3) is 0 Å². The zero-order chi connectivity index (χ0) is 11.4. The van der Waals surface area contributed by atoms with Gasteiger partial charge in [0.1, 0.15) is 0 Å². The number of nitrogens with zero attached hydrogens (tertiary/aromatic N) is 1. The largest absolute Gasteiger partial charge is 0.369 e. The number of benzene rings is 1. The first-order chi connectivity index (χ1) is 7.04. The van der Waals surface area contributed by atoms with E-state index in [1.807, 2.05) is 0 Å². The third-order valence-corrected chi connectivity index (χ3v) is 2.29. The second kappa shape index (κ2) is 5.07. The molecule has 1 rings (SSSR count). The lowest BCUT2D eigenvalue weighted by atomic mass is 10.2. The smallest absolute Gasteiger partial charge is 0.255 e. The fourth-order valence-corrected chi connectivity index (χ4v) is 1.38. The van der Waals surface area contributed by atoms with E-state index < -0.39 is 6.43 Å². The lowest BCUT2D eigenvalue weighted by molar-refractivity contribution is 0.112. The van der Waals surface area contributed by atoms with Gasteiger partial charge in [-0.3, -0.25) is 4.79 Å². The normalized spacial score (nSPS) is 10.5. The van der Waals surface area contributed by atoms with E-state index in [4.69, 9.17) is 11.6 Å². The molecule has 0 atom stereocenters. The molecule has 15 heavy (non-hydrogen) atoms. The Labute approximate surface area is 91.4 Å². The molecule has 0 bridgehead atoms. The minimum absolute atomic E-state index is 0.267. The molecule has 0 radical (unpaired) electrons. The number of halogens is 3. The predicted molar refractivity (Wildman–Crippen MR) is 56.1 cm³/mol. The minimum atomic E-state index is -2.40. The number of hydrogen-bond donors (Lipinski definition) is 0. The highest BCUT2D eigenvalue weighted by molar-refractivity contribution is 6.33. The van der Waals surface area contributed by atoms with Crippen LogP contribution in [0.5, 0.6) is 0 Å². The van der Waals surface area contributed by atoms with Gasteiger partial charge in [-0.1, -0.05) is 11.6 Å². The number of aldehydes is 1. The van der Waals surface area contributed by atoms with E-state index in [0.29, 0.717) is 17.5 Å². The first kappa shape index (κ1) is 11.9. The maximum atomic E-state index is 12.1. The molecular weight excluding hydrogens is 224 g/mol. The van der Waals surface area contributed by atoms with E-state index in [9.17, 15) is 13.6 Å². The average Bonchev–Trinajstić information content (AvgIpc) is 2.16. The Morgan fingerprint density at radius 3 is 2.67 bits per heavy atom. The van der Waals surface area contributed by atoms with Crippen LogP contribution in [0.1, 0.15) is 10.4 Å². The van der Waals surface area contributed by atoms with Gasteiger partial charge in [-0.2, -0.15) is 0 Å². The number of alkyl halides is 2. The Bertz CT molecular complexity index is 357. The summed E-state index contributed by atoms with van der Waals surface area (Å²) < 4.78 is 24.2. The van der Waals surface area contributed by atoms with Crippen molar-refractivity contribution in [1.82, 2.24) is 0 Å². The lowest BCUT2D eigenvalue weighted by Crippen LogP contribution is -2.23. The molecule has 0 saturated carbocycles. The number of carbonyl (C=O) groups is 1. The Morgan fingerprint density at radius 1 is 1.53 bits per heavy atom. The molecule has 0 amide bonds. The molecule has 1 aromatic rings. The first-order valence-electron chi connectivity index (χ1n) is 4.28. The molecule has 0 N–H and O–H groups in total. The van der Waals surface area contributed by atoms with Gasteiger partial charge >= 0.3 is 0 Å². The molecule has 0 fully saturated rings. The van der Waals surface area contributed by atoms with Crippen molar-refractivity contribution in [3.05, 3.63) is 28.8 Å². The summed E-state index contributed by atoms with van der Waals surface area (Å²) in [4.78, 5) is 11.8. The molecule has 0 aromatic heterocycles. The van der Waals surface area contributed by atoms with Crippen molar-refractivity contribution in [3.8, 4) is 0 Å². The number of hydrogen-bond acceptors (Lipinski definition) is 2. The van der Waals surface area contributed by atoms with Crippen molar-refractivity contribution in [2.45, 2.75) is 6.43 Å². The highest BCUT2D eigenvalue weighted by atomic mass is 35.5. The standard InChI is InChI=1S/C10H10ClF2NO/c1-14(5-10(12)13)8-3-2-7(6-15)9(11)4-8/h2-4,6,10H,5H2,1H3. The Hall–Kier alpha value is -1.16.